The Hall–Kier alpha value is -2.67. The lowest BCUT2D eigenvalue weighted by molar-refractivity contribution is 0.0692. The normalized spacial score (nSPS) is 14.0. The third kappa shape index (κ3) is 4.12. The van der Waals surface area contributed by atoms with Crippen LogP contribution in [0.1, 0.15) is 53.6 Å². The first kappa shape index (κ1) is 22.0. The highest BCUT2D eigenvalue weighted by molar-refractivity contribution is 6.31. The van der Waals surface area contributed by atoms with Crippen LogP contribution in [0.3, 0.4) is 0 Å². The molecular formula is C22H24ClFN2O4. The molecule has 2 heterocycles. The Morgan fingerprint density at radius 1 is 1.23 bits per heavy atom. The monoisotopic (exact) mass is 434 g/mol. The maximum Gasteiger partial charge on any atom is 0.274 e. The summed E-state index contributed by atoms with van der Waals surface area (Å²) < 4.78 is 15.4. The van der Waals surface area contributed by atoms with E-state index in [4.69, 9.17) is 11.6 Å². The number of hydrogen-bond acceptors (Lipinski definition) is 4. The molecule has 0 unspecified atom stereocenters. The topological polar surface area (TPSA) is 79.6 Å². The van der Waals surface area contributed by atoms with Gasteiger partial charge in [-0.1, -0.05) is 38.4 Å². The van der Waals surface area contributed by atoms with E-state index in [1.165, 1.54) is 27.8 Å². The predicted molar refractivity (Wildman–Crippen MR) is 112 cm³/mol. The largest absolute Gasteiger partial charge is 0.503 e. The number of amides is 1. The van der Waals surface area contributed by atoms with Gasteiger partial charge < -0.3 is 14.6 Å². The number of fused-ring (bicyclic) bond motifs is 1. The highest BCUT2D eigenvalue weighted by Gasteiger charge is 2.33. The van der Waals surface area contributed by atoms with Crippen molar-refractivity contribution in [2.75, 3.05) is 13.1 Å². The quantitative estimate of drug-likeness (QED) is 0.728. The molecule has 0 fully saturated rings. The number of carbonyl (C=O) groups is 2. The van der Waals surface area contributed by atoms with Gasteiger partial charge in [0.2, 0.25) is 5.43 Å². The Labute approximate surface area is 178 Å². The highest BCUT2D eigenvalue weighted by atomic mass is 35.5. The van der Waals surface area contributed by atoms with E-state index in [1.807, 2.05) is 0 Å². The fourth-order valence-electron chi connectivity index (χ4n) is 3.53. The summed E-state index contributed by atoms with van der Waals surface area (Å²) in [6.45, 7) is 6.06. The Bertz CT molecular complexity index is 1050. The minimum Gasteiger partial charge on any atom is -0.503 e. The first-order valence-electron chi connectivity index (χ1n) is 9.75. The van der Waals surface area contributed by atoms with E-state index in [9.17, 15) is 23.9 Å². The lowest BCUT2D eigenvalue weighted by Crippen LogP contribution is -2.43. The highest BCUT2D eigenvalue weighted by Crippen LogP contribution is 2.25. The molecule has 6 nitrogen and oxygen atoms in total. The van der Waals surface area contributed by atoms with Gasteiger partial charge in [0.15, 0.2) is 17.2 Å². The number of benzene rings is 1. The van der Waals surface area contributed by atoms with Gasteiger partial charge in [-0.05, 0) is 25.0 Å². The Kier molecular flexibility index (Phi) is 6.04. The van der Waals surface area contributed by atoms with Crippen LogP contribution in [0.5, 0.6) is 5.75 Å². The molecule has 3 rings (SSSR count). The summed E-state index contributed by atoms with van der Waals surface area (Å²) in [7, 11) is 0. The fraction of sp³-hybridized carbons (Fsp3) is 0.409. The molecule has 0 saturated carbocycles. The number of hydrogen-bond donors (Lipinski definition) is 1. The van der Waals surface area contributed by atoms with E-state index in [2.05, 4.69) is 0 Å². The van der Waals surface area contributed by atoms with Gasteiger partial charge in [0.05, 0.1) is 5.56 Å². The number of nitrogens with zero attached hydrogens (tertiary/aromatic N) is 2. The van der Waals surface area contributed by atoms with Crippen molar-refractivity contribution < 1.29 is 19.1 Å². The molecular weight excluding hydrogens is 411 g/mol. The van der Waals surface area contributed by atoms with Crippen molar-refractivity contribution in [1.29, 1.82) is 0 Å². The third-order valence-electron chi connectivity index (χ3n) is 5.20. The van der Waals surface area contributed by atoms with Crippen LogP contribution in [-0.2, 0) is 13.0 Å². The van der Waals surface area contributed by atoms with E-state index >= 15 is 0 Å². The number of aromatic nitrogens is 1. The summed E-state index contributed by atoms with van der Waals surface area (Å²) in [6, 6.07) is 4.49. The van der Waals surface area contributed by atoms with Crippen molar-refractivity contribution in [3.05, 3.63) is 62.3 Å². The molecule has 1 aliphatic heterocycles. The van der Waals surface area contributed by atoms with Crippen LogP contribution in [0.2, 0.25) is 5.02 Å². The number of Topliss-reactive ketones (excluding diaryl/α,β-unsaturated/α-hetero) is 1. The van der Waals surface area contributed by atoms with Gasteiger partial charge in [-0.2, -0.15) is 0 Å². The SMILES string of the molecule is CC(C)(C)C(=O)c1cn2c(c(O)c1=O)C(=O)N(CCCc1c(F)cccc1Cl)CC2. The summed E-state index contributed by atoms with van der Waals surface area (Å²) in [5.41, 5.74) is -1.48. The molecule has 0 atom stereocenters. The smallest absolute Gasteiger partial charge is 0.274 e. The zero-order valence-electron chi connectivity index (χ0n) is 17.2. The molecule has 1 N–H and O–H groups in total. The molecule has 30 heavy (non-hydrogen) atoms. The zero-order chi connectivity index (χ0) is 22.2. The van der Waals surface area contributed by atoms with E-state index in [0.717, 1.165) is 0 Å². The summed E-state index contributed by atoms with van der Waals surface area (Å²) in [5, 5.41) is 10.7. The van der Waals surface area contributed by atoms with Crippen LogP contribution in [0.25, 0.3) is 0 Å². The summed E-state index contributed by atoms with van der Waals surface area (Å²) in [5.74, 6) is -1.99. The van der Waals surface area contributed by atoms with Gasteiger partial charge in [-0.15, -0.1) is 0 Å². The second-order valence-electron chi connectivity index (χ2n) is 8.44. The van der Waals surface area contributed by atoms with Crippen LogP contribution >= 0.6 is 11.6 Å². The molecule has 1 amide bonds. The van der Waals surface area contributed by atoms with Crippen LogP contribution in [0, 0.1) is 11.2 Å². The van der Waals surface area contributed by atoms with Gasteiger partial charge in [-0.3, -0.25) is 14.4 Å². The molecule has 0 saturated heterocycles. The van der Waals surface area contributed by atoms with Crippen molar-refractivity contribution in [3.8, 4) is 5.75 Å². The minimum atomic E-state index is -0.838. The van der Waals surface area contributed by atoms with Crippen molar-refractivity contribution >= 4 is 23.3 Å². The predicted octanol–water partition coefficient (Wildman–Crippen LogP) is 3.66. The second kappa shape index (κ2) is 8.22. The third-order valence-corrected chi connectivity index (χ3v) is 5.55. The first-order valence-corrected chi connectivity index (χ1v) is 10.1. The van der Waals surface area contributed by atoms with E-state index in [-0.39, 0.29) is 11.3 Å². The maximum atomic E-state index is 13.9. The first-order chi connectivity index (χ1) is 14.0. The summed E-state index contributed by atoms with van der Waals surface area (Å²) in [4.78, 5) is 39.5. The molecule has 1 aromatic carbocycles. The minimum absolute atomic E-state index is 0.124. The van der Waals surface area contributed by atoms with Gasteiger partial charge in [-0.25, -0.2) is 4.39 Å². The number of halogens is 2. The molecule has 1 aromatic heterocycles. The lowest BCUT2D eigenvalue weighted by Gasteiger charge is -2.31. The summed E-state index contributed by atoms with van der Waals surface area (Å²) >= 11 is 6.04. The maximum absolute atomic E-state index is 13.9. The summed E-state index contributed by atoms with van der Waals surface area (Å²) in [6.07, 6.45) is 2.18. The molecule has 0 bridgehead atoms. The van der Waals surface area contributed by atoms with E-state index in [1.54, 1.807) is 26.8 Å². The molecule has 8 heteroatoms. The van der Waals surface area contributed by atoms with Crippen LogP contribution in [0.4, 0.5) is 4.39 Å². The molecule has 1 aliphatic rings. The number of carbonyl (C=O) groups excluding carboxylic acids is 2. The van der Waals surface area contributed by atoms with Crippen LogP contribution < -0.4 is 5.43 Å². The zero-order valence-corrected chi connectivity index (χ0v) is 17.9. The van der Waals surface area contributed by atoms with Gasteiger partial charge in [0.1, 0.15) is 5.82 Å². The van der Waals surface area contributed by atoms with Gasteiger partial charge >= 0.3 is 0 Å². The number of aromatic hydroxyl groups is 1. The molecule has 0 spiro atoms. The molecule has 0 aliphatic carbocycles. The number of pyridine rings is 1. The van der Waals surface area contributed by atoms with Gasteiger partial charge in [0.25, 0.3) is 5.91 Å². The van der Waals surface area contributed by atoms with Gasteiger partial charge in [0, 0.05) is 41.8 Å². The average Bonchev–Trinajstić information content (AvgIpc) is 2.67. The van der Waals surface area contributed by atoms with Crippen LogP contribution in [-0.4, -0.2) is 39.4 Å². The van der Waals surface area contributed by atoms with E-state index < -0.39 is 34.1 Å². The second-order valence-corrected chi connectivity index (χ2v) is 8.84. The number of ketones is 1. The molecule has 2 aromatic rings. The van der Waals surface area contributed by atoms with Crippen molar-refractivity contribution in [2.24, 2.45) is 5.41 Å². The Morgan fingerprint density at radius 3 is 2.57 bits per heavy atom. The fourth-order valence-corrected chi connectivity index (χ4v) is 3.78. The van der Waals surface area contributed by atoms with E-state index in [0.29, 0.717) is 43.1 Å². The lowest BCUT2D eigenvalue weighted by atomic mass is 9.86. The van der Waals surface area contributed by atoms with Crippen molar-refractivity contribution in [3.63, 3.8) is 0 Å². The molecule has 0 radical (unpaired) electrons. The molecule has 160 valence electrons. The van der Waals surface area contributed by atoms with Crippen molar-refractivity contribution in [1.82, 2.24) is 9.47 Å². The number of rotatable bonds is 5. The Balaban J connectivity index is 1.80. The average molecular weight is 435 g/mol. The standard InChI is InChI=1S/C22H24ClFN2O4/c1-22(2,3)20(29)14-12-26-11-10-25(21(30)17(26)19(28)18(14)27)9-5-6-13-15(23)7-4-8-16(13)24/h4,7-8,12,28H,5-6,9-11H2,1-3H3. The van der Waals surface area contributed by atoms with Crippen LogP contribution in [0.15, 0.2) is 29.2 Å². The van der Waals surface area contributed by atoms with Crippen molar-refractivity contribution in [2.45, 2.75) is 40.2 Å². The Morgan fingerprint density at radius 2 is 1.93 bits per heavy atom.